The van der Waals surface area contributed by atoms with Crippen LogP contribution in [0.4, 0.5) is 0 Å². The summed E-state index contributed by atoms with van der Waals surface area (Å²) in [5, 5.41) is 6.09. The fraction of sp³-hybridized carbons (Fsp3) is 0.417. The van der Waals surface area contributed by atoms with Crippen LogP contribution in [-0.2, 0) is 4.74 Å². The summed E-state index contributed by atoms with van der Waals surface area (Å²) < 4.78 is 5.49. The highest BCUT2D eigenvalue weighted by Gasteiger charge is 2.14. The molecule has 1 aliphatic rings. The van der Waals surface area contributed by atoms with Crippen LogP contribution in [0, 0.1) is 0 Å². The maximum absolute atomic E-state index is 11.7. The molecule has 1 amide bonds. The van der Waals surface area contributed by atoms with Gasteiger partial charge < -0.3 is 15.4 Å². The molecule has 2 rings (SSSR count). The molecule has 86 valence electrons. The number of benzene rings is 1. The lowest BCUT2D eigenvalue weighted by Gasteiger charge is -2.23. The molecule has 0 radical (unpaired) electrons. The van der Waals surface area contributed by atoms with Gasteiger partial charge in [-0.25, -0.2) is 0 Å². The van der Waals surface area contributed by atoms with Gasteiger partial charge in [-0.1, -0.05) is 18.2 Å². The zero-order chi connectivity index (χ0) is 11.2. The standard InChI is InChI=1S/C12H16N2O2/c15-12(10-4-2-1-3-5-10)14-9-11-8-13-6-7-16-11/h1-5,11,13H,6-9H2,(H,14,15). The number of ether oxygens (including phenoxy) is 1. The summed E-state index contributed by atoms with van der Waals surface area (Å²) in [5.41, 5.74) is 0.686. The fourth-order valence-corrected chi connectivity index (χ4v) is 1.65. The Hall–Kier alpha value is -1.39. The third kappa shape index (κ3) is 3.05. The number of hydrogen-bond acceptors (Lipinski definition) is 3. The minimum absolute atomic E-state index is 0.0465. The van der Waals surface area contributed by atoms with E-state index in [1.165, 1.54) is 0 Å². The Labute approximate surface area is 95.0 Å². The molecule has 1 aromatic carbocycles. The number of rotatable bonds is 3. The number of hydrogen-bond donors (Lipinski definition) is 2. The van der Waals surface area contributed by atoms with E-state index in [9.17, 15) is 4.79 Å². The summed E-state index contributed by atoms with van der Waals surface area (Å²) in [6.07, 6.45) is 0.0846. The monoisotopic (exact) mass is 220 g/mol. The lowest BCUT2D eigenvalue weighted by atomic mass is 10.2. The van der Waals surface area contributed by atoms with Crippen LogP contribution < -0.4 is 10.6 Å². The van der Waals surface area contributed by atoms with Gasteiger partial charge in [0.1, 0.15) is 0 Å². The molecule has 1 fully saturated rings. The van der Waals surface area contributed by atoms with E-state index >= 15 is 0 Å². The second-order valence-corrected chi connectivity index (χ2v) is 3.77. The second-order valence-electron chi connectivity index (χ2n) is 3.77. The van der Waals surface area contributed by atoms with E-state index < -0.39 is 0 Å². The molecule has 0 bridgehead atoms. The topological polar surface area (TPSA) is 50.4 Å². The lowest BCUT2D eigenvalue weighted by Crippen LogP contribution is -2.45. The van der Waals surface area contributed by atoms with Gasteiger partial charge in [-0.2, -0.15) is 0 Å². The zero-order valence-corrected chi connectivity index (χ0v) is 9.11. The summed E-state index contributed by atoms with van der Waals surface area (Å²) in [6.45, 7) is 2.96. The van der Waals surface area contributed by atoms with Crippen LogP contribution in [0.1, 0.15) is 10.4 Å². The first-order chi connectivity index (χ1) is 7.86. The number of morpholine rings is 1. The Morgan fingerprint density at radius 1 is 1.44 bits per heavy atom. The molecule has 0 spiro atoms. The predicted molar refractivity (Wildman–Crippen MR) is 61.4 cm³/mol. The number of carbonyl (C=O) groups is 1. The van der Waals surface area contributed by atoms with Crippen LogP contribution in [0.5, 0.6) is 0 Å². The average molecular weight is 220 g/mol. The van der Waals surface area contributed by atoms with Gasteiger partial charge in [0.25, 0.3) is 5.91 Å². The summed E-state index contributed by atoms with van der Waals surface area (Å²) >= 11 is 0. The van der Waals surface area contributed by atoms with Crippen LogP contribution in [0.15, 0.2) is 30.3 Å². The molecule has 4 heteroatoms. The van der Waals surface area contributed by atoms with Crippen molar-refractivity contribution < 1.29 is 9.53 Å². The first-order valence-corrected chi connectivity index (χ1v) is 5.52. The Kier molecular flexibility index (Phi) is 3.91. The Balaban J connectivity index is 1.79. The number of carbonyl (C=O) groups excluding carboxylic acids is 1. The van der Waals surface area contributed by atoms with Crippen LogP contribution in [0.25, 0.3) is 0 Å². The normalized spacial score (nSPS) is 20.4. The van der Waals surface area contributed by atoms with Crippen molar-refractivity contribution >= 4 is 5.91 Å². The quantitative estimate of drug-likeness (QED) is 0.775. The molecule has 16 heavy (non-hydrogen) atoms. The van der Waals surface area contributed by atoms with Gasteiger partial charge >= 0.3 is 0 Å². The first kappa shape index (κ1) is 11.1. The second kappa shape index (κ2) is 5.63. The summed E-state index contributed by atoms with van der Waals surface area (Å²) in [7, 11) is 0. The van der Waals surface area contributed by atoms with E-state index in [1.54, 1.807) is 12.1 Å². The van der Waals surface area contributed by atoms with Crippen molar-refractivity contribution in [2.75, 3.05) is 26.2 Å². The Bertz CT molecular complexity index is 334. The van der Waals surface area contributed by atoms with Gasteiger partial charge in [0.05, 0.1) is 12.7 Å². The molecule has 1 atom stereocenters. The van der Waals surface area contributed by atoms with Crippen molar-refractivity contribution in [1.29, 1.82) is 0 Å². The zero-order valence-electron chi connectivity index (χ0n) is 9.11. The van der Waals surface area contributed by atoms with E-state index in [0.29, 0.717) is 18.7 Å². The van der Waals surface area contributed by atoms with E-state index in [2.05, 4.69) is 10.6 Å². The van der Waals surface area contributed by atoms with Crippen LogP contribution in [-0.4, -0.2) is 38.3 Å². The SMILES string of the molecule is O=C(NCC1CNCCO1)c1ccccc1. The average Bonchev–Trinajstić information content (AvgIpc) is 2.38. The molecule has 1 aromatic rings. The number of amides is 1. The lowest BCUT2D eigenvalue weighted by molar-refractivity contribution is 0.0287. The fourth-order valence-electron chi connectivity index (χ4n) is 1.65. The molecule has 1 aliphatic heterocycles. The van der Waals surface area contributed by atoms with Crippen molar-refractivity contribution in [3.05, 3.63) is 35.9 Å². The predicted octanol–water partition coefficient (Wildman–Crippen LogP) is 0.405. The van der Waals surface area contributed by atoms with Crippen LogP contribution in [0.3, 0.4) is 0 Å². The third-order valence-electron chi connectivity index (χ3n) is 2.53. The summed E-state index contributed by atoms with van der Waals surface area (Å²) in [4.78, 5) is 11.7. The van der Waals surface area contributed by atoms with Crippen LogP contribution in [0.2, 0.25) is 0 Å². The maximum atomic E-state index is 11.7. The summed E-state index contributed by atoms with van der Waals surface area (Å²) in [6, 6.07) is 9.21. The minimum atomic E-state index is -0.0465. The molecule has 1 heterocycles. The smallest absolute Gasteiger partial charge is 0.251 e. The molecule has 4 nitrogen and oxygen atoms in total. The highest BCUT2D eigenvalue weighted by Crippen LogP contribution is 1.99. The van der Waals surface area contributed by atoms with Crippen molar-refractivity contribution in [1.82, 2.24) is 10.6 Å². The van der Waals surface area contributed by atoms with Crippen molar-refractivity contribution in [3.63, 3.8) is 0 Å². The Morgan fingerprint density at radius 2 is 2.25 bits per heavy atom. The van der Waals surface area contributed by atoms with Crippen molar-refractivity contribution in [2.45, 2.75) is 6.10 Å². The maximum Gasteiger partial charge on any atom is 0.251 e. The van der Waals surface area contributed by atoms with Crippen LogP contribution >= 0.6 is 0 Å². The summed E-state index contributed by atoms with van der Waals surface area (Å²) in [5.74, 6) is -0.0465. The minimum Gasteiger partial charge on any atom is -0.374 e. The van der Waals surface area contributed by atoms with E-state index in [-0.39, 0.29) is 12.0 Å². The van der Waals surface area contributed by atoms with Gasteiger partial charge in [-0.3, -0.25) is 4.79 Å². The highest BCUT2D eigenvalue weighted by atomic mass is 16.5. The molecule has 1 saturated heterocycles. The molecular weight excluding hydrogens is 204 g/mol. The molecule has 2 N–H and O–H groups in total. The van der Waals surface area contributed by atoms with E-state index in [1.807, 2.05) is 18.2 Å². The van der Waals surface area contributed by atoms with Crippen molar-refractivity contribution in [2.24, 2.45) is 0 Å². The highest BCUT2D eigenvalue weighted by molar-refractivity contribution is 5.94. The first-order valence-electron chi connectivity index (χ1n) is 5.52. The van der Waals surface area contributed by atoms with Gasteiger partial charge in [0.2, 0.25) is 0 Å². The molecule has 0 aliphatic carbocycles. The van der Waals surface area contributed by atoms with Crippen molar-refractivity contribution in [3.8, 4) is 0 Å². The van der Waals surface area contributed by atoms with Gasteiger partial charge in [0.15, 0.2) is 0 Å². The van der Waals surface area contributed by atoms with E-state index in [4.69, 9.17) is 4.74 Å². The van der Waals surface area contributed by atoms with Gasteiger partial charge in [0, 0.05) is 25.2 Å². The Morgan fingerprint density at radius 3 is 2.94 bits per heavy atom. The van der Waals surface area contributed by atoms with E-state index in [0.717, 1.165) is 13.1 Å². The molecule has 0 saturated carbocycles. The molecule has 0 aromatic heterocycles. The molecular formula is C12H16N2O2. The molecule has 1 unspecified atom stereocenters. The van der Waals surface area contributed by atoms with Gasteiger partial charge in [-0.15, -0.1) is 0 Å². The number of nitrogens with one attached hydrogen (secondary N) is 2. The van der Waals surface area contributed by atoms with Gasteiger partial charge in [-0.05, 0) is 12.1 Å². The largest absolute Gasteiger partial charge is 0.374 e. The third-order valence-corrected chi connectivity index (χ3v) is 2.53.